The first-order valence-electron chi connectivity index (χ1n) is 6.01. The average Bonchev–Trinajstić information content (AvgIpc) is 2.65. The van der Waals surface area contributed by atoms with Gasteiger partial charge in [0.05, 0.1) is 0 Å². The van der Waals surface area contributed by atoms with Gasteiger partial charge in [-0.2, -0.15) is 0 Å². The van der Waals surface area contributed by atoms with Crippen LogP contribution in [-0.4, -0.2) is 29.1 Å². The number of anilines is 1. The van der Waals surface area contributed by atoms with Gasteiger partial charge in [-0.15, -0.1) is 0 Å². The Morgan fingerprint density at radius 1 is 1.47 bits per heavy atom. The Morgan fingerprint density at radius 2 is 2.18 bits per heavy atom. The van der Waals surface area contributed by atoms with Crippen molar-refractivity contribution in [1.29, 1.82) is 0 Å². The molecule has 2 N–H and O–H groups in total. The number of amides is 1. The molecule has 0 fully saturated rings. The zero-order chi connectivity index (χ0) is 12.8. The maximum atomic E-state index is 11.8. The number of hydrogen-bond acceptors (Lipinski definition) is 3. The van der Waals surface area contributed by atoms with E-state index in [-0.39, 0.29) is 11.8 Å². The summed E-state index contributed by atoms with van der Waals surface area (Å²) in [5, 5.41) is 5.84. The van der Waals surface area contributed by atoms with E-state index < -0.39 is 0 Å². The minimum absolute atomic E-state index is 0.00411. The Kier molecular flexibility index (Phi) is 5.15. The molecule has 1 aromatic heterocycles. The van der Waals surface area contributed by atoms with Crippen molar-refractivity contribution in [3.8, 4) is 0 Å². The molecule has 0 saturated carbocycles. The van der Waals surface area contributed by atoms with Crippen molar-refractivity contribution in [2.75, 3.05) is 18.9 Å². The molecule has 1 rings (SSSR count). The largest absolute Gasteiger partial charge is 0.319 e. The topological polar surface area (TPSA) is 59.0 Å². The third kappa shape index (κ3) is 4.19. The molecule has 1 unspecified atom stereocenters. The van der Waals surface area contributed by atoms with E-state index in [1.54, 1.807) is 6.20 Å². The predicted molar refractivity (Wildman–Crippen MR) is 68.8 cm³/mol. The standard InChI is InChI=1S/C12H22N4O/c1-9(2)8-16-6-5-14-12(16)15-11(17)10(3)7-13-4/h5-6,9-10,13H,7-8H2,1-4H3,(H,14,15,17). The van der Waals surface area contributed by atoms with Gasteiger partial charge in [0.25, 0.3) is 0 Å². The summed E-state index contributed by atoms with van der Waals surface area (Å²) in [4.78, 5) is 16.0. The maximum Gasteiger partial charge on any atom is 0.230 e. The quantitative estimate of drug-likeness (QED) is 0.786. The van der Waals surface area contributed by atoms with Crippen molar-refractivity contribution in [3.05, 3.63) is 12.4 Å². The van der Waals surface area contributed by atoms with E-state index in [9.17, 15) is 4.79 Å². The summed E-state index contributed by atoms with van der Waals surface area (Å²) in [5.41, 5.74) is 0. The van der Waals surface area contributed by atoms with Gasteiger partial charge in [0.1, 0.15) is 0 Å². The second-order valence-corrected chi connectivity index (χ2v) is 4.75. The average molecular weight is 238 g/mol. The summed E-state index contributed by atoms with van der Waals surface area (Å²) < 4.78 is 1.97. The van der Waals surface area contributed by atoms with Crippen LogP contribution in [0.25, 0.3) is 0 Å². The maximum absolute atomic E-state index is 11.8. The number of carbonyl (C=O) groups excluding carboxylic acids is 1. The molecule has 0 aliphatic carbocycles. The highest BCUT2D eigenvalue weighted by atomic mass is 16.2. The van der Waals surface area contributed by atoms with E-state index in [4.69, 9.17) is 0 Å². The van der Waals surface area contributed by atoms with Gasteiger partial charge in [-0.25, -0.2) is 4.98 Å². The van der Waals surface area contributed by atoms with Crippen LogP contribution in [0.3, 0.4) is 0 Å². The highest BCUT2D eigenvalue weighted by molar-refractivity contribution is 5.90. The van der Waals surface area contributed by atoms with Gasteiger partial charge in [-0.3, -0.25) is 10.1 Å². The molecule has 5 nitrogen and oxygen atoms in total. The molecular formula is C12H22N4O. The van der Waals surface area contributed by atoms with Crippen molar-refractivity contribution in [1.82, 2.24) is 14.9 Å². The van der Waals surface area contributed by atoms with Crippen LogP contribution in [0.4, 0.5) is 5.95 Å². The fourth-order valence-corrected chi connectivity index (χ4v) is 1.61. The Balaban J connectivity index is 2.62. The monoisotopic (exact) mass is 238 g/mol. The molecule has 0 saturated heterocycles. The first-order valence-corrected chi connectivity index (χ1v) is 6.01. The molecule has 1 heterocycles. The Labute approximate surface area is 103 Å². The Bertz CT molecular complexity index is 359. The number of nitrogens with zero attached hydrogens (tertiary/aromatic N) is 2. The zero-order valence-electron chi connectivity index (χ0n) is 11.0. The molecule has 0 bridgehead atoms. The predicted octanol–water partition coefficient (Wildman–Crippen LogP) is 1.33. The number of aromatic nitrogens is 2. The van der Waals surface area contributed by atoms with Gasteiger partial charge < -0.3 is 9.88 Å². The highest BCUT2D eigenvalue weighted by Gasteiger charge is 2.14. The molecule has 1 aromatic rings. The van der Waals surface area contributed by atoms with Crippen LogP contribution in [0.5, 0.6) is 0 Å². The molecule has 0 radical (unpaired) electrons. The lowest BCUT2D eigenvalue weighted by Gasteiger charge is -2.13. The summed E-state index contributed by atoms with van der Waals surface area (Å²) in [6, 6.07) is 0. The molecule has 0 spiro atoms. The van der Waals surface area contributed by atoms with Gasteiger partial charge in [-0.05, 0) is 13.0 Å². The summed E-state index contributed by atoms with van der Waals surface area (Å²) in [6.07, 6.45) is 3.60. The fourth-order valence-electron chi connectivity index (χ4n) is 1.61. The van der Waals surface area contributed by atoms with Crippen LogP contribution >= 0.6 is 0 Å². The second-order valence-electron chi connectivity index (χ2n) is 4.75. The van der Waals surface area contributed by atoms with Gasteiger partial charge in [0.15, 0.2) is 0 Å². The molecule has 5 heteroatoms. The van der Waals surface area contributed by atoms with E-state index >= 15 is 0 Å². The third-order valence-corrected chi connectivity index (χ3v) is 2.47. The molecule has 0 aliphatic heterocycles. The molecule has 1 atom stereocenters. The van der Waals surface area contributed by atoms with Crippen LogP contribution in [0.2, 0.25) is 0 Å². The van der Waals surface area contributed by atoms with Gasteiger partial charge in [-0.1, -0.05) is 20.8 Å². The van der Waals surface area contributed by atoms with Crippen LogP contribution in [0.15, 0.2) is 12.4 Å². The minimum Gasteiger partial charge on any atom is -0.319 e. The van der Waals surface area contributed by atoms with E-state index in [1.807, 2.05) is 24.7 Å². The van der Waals surface area contributed by atoms with E-state index in [2.05, 4.69) is 29.5 Å². The first kappa shape index (κ1) is 13.7. The number of nitrogens with one attached hydrogen (secondary N) is 2. The lowest BCUT2D eigenvalue weighted by molar-refractivity contribution is -0.119. The van der Waals surface area contributed by atoms with E-state index in [1.165, 1.54) is 0 Å². The second kappa shape index (κ2) is 6.39. The van der Waals surface area contributed by atoms with Crippen molar-refractivity contribution < 1.29 is 4.79 Å². The van der Waals surface area contributed by atoms with Crippen LogP contribution in [-0.2, 0) is 11.3 Å². The van der Waals surface area contributed by atoms with Crippen molar-refractivity contribution in [2.45, 2.75) is 27.3 Å². The summed E-state index contributed by atoms with van der Waals surface area (Å²) >= 11 is 0. The molecule has 96 valence electrons. The van der Waals surface area contributed by atoms with Crippen LogP contribution in [0, 0.1) is 11.8 Å². The normalized spacial score (nSPS) is 12.8. The van der Waals surface area contributed by atoms with Gasteiger partial charge in [0, 0.05) is 31.4 Å². The minimum atomic E-state index is -0.0656. The lowest BCUT2D eigenvalue weighted by atomic mass is 10.1. The van der Waals surface area contributed by atoms with E-state index in [0.29, 0.717) is 18.4 Å². The lowest BCUT2D eigenvalue weighted by Crippen LogP contribution is -2.29. The number of rotatable bonds is 6. The van der Waals surface area contributed by atoms with Gasteiger partial charge in [0.2, 0.25) is 11.9 Å². The van der Waals surface area contributed by atoms with Crippen LogP contribution in [0.1, 0.15) is 20.8 Å². The summed E-state index contributed by atoms with van der Waals surface area (Å²) in [5.74, 6) is 1.08. The summed E-state index contributed by atoms with van der Waals surface area (Å²) in [7, 11) is 1.84. The SMILES string of the molecule is CNCC(C)C(=O)Nc1nccn1CC(C)C. The Morgan fingerprint density at radius 3 is 2.76 bits per heavy atom. The molecule has 1 amide bonds. The summed E-state index contributed by atoms with van der Waals surface area (Å²) in [6.45, 7) is 7.68. The molecule has 0 aliphatic rings. The van der Waals surface area contributed by atoms with E-state index in [0.717, 1.165) is 6.54 Å². The molecular weight excluding hydrogens is 216 g/mol. The smallest absolute Gasteiger partial charge is 0.230 e. The molecule has 17 heavy (non-hydrogen) atoms. The number of hydrogen-bond donors (Lipinski definition) is 2. The third-order valence-electron chi connectivity index (χ3n) is 2.47. The Hall–Kier alpha value is -1.36. The fraction of sp³-hybridized carbons (Fsp3) is 0.667. The van der Waals surface area contributed by atoms with Crippen molar-refractivity contribution in [3.63, 3.8) is 0 Å². The van der Waals surface area contributed by atoms with Crippen molar-refractivity contribution in [2.24, 2.45) is 11.8 Å². The zero-order valence-corrected chi connectivity index (χ0v) is 11.0. The van der Waals surface area contributed by atoms with Crippen molar-refractivity contribution >= 4 is 11.9 Å². The number of carbonyl (C=O) groups is 1. The first-order chi connectivity index (χ1) is 8.04. The number of imidazole rings is 1. The van der Waals surface area contributed by atoms with Gasteiger partial charge >= 0.3 is 0 Å². The molecule has 0 aromatic carbocycles. The highest BCUT2D eigenvalue weighted by Crippen LogP contribution is 2.09. The van der Waals surface area contributed by atoms with Crippen LogP contribution < -0.4 is 10.6 Å².